The van der Waals surface area contributed by atoms with E-state index in [-0.39, 0.29) is 6.04 Å². The van der Waals surface area contributed by atoms with Crippen LogP contribution in [0.25, 0.3) is 10.8 Å². The van der Waals surface area contributed by atoms with Crippen LogP contribution in [0.1, 0.15) is 24.9 Å². The highest BCUT2D eigenvalue weighted by Gasteiger charge is 2.11. The fraction of sp³-hybridized carbons (Fsp3) is 0.450. The number of thiocarbonyl (C=S) groups is 1. The van der Waals surface area contributed by atoms with Gasteiger partial charge >= 0.3 is 0 Å². The number of morpholine rings is 1. The predicted octanol–water partition coefficient (Wildman–Crippen LogP) is 3.09. The largest absolute Gasteiger partial charge is 0.379 e. The number of nitrogens with one attached hydrogen (secondary N) is 2. The lowest BCUT2D eigenvalue weighted by Gasteiger charge is -2.26. The Kier molecular flexibility index (Phi) is 6.62. The Morgan fingerprint density at radius 1 is 1.16 bits per heavy atom. The molecular formula is C20H27N3OS. The summed E-state index contributed by atoms with van der Waals surface area (Å²) in [6.45, 7) is 7.94. The summed E-state index contributed by atoms with van der Waals surface area (Å²) in [5.41, 5.74) is 1.27. The summed E-state index contributed by atoms with van der Waals surface area (Å²) >= 11 is 5.47. The van der Waals surface area contributed by atoms with Crippen LogP contribution in [0, 0.1) is 0 Å². The van der Waals surface area contributed by atoms with E-state index in [2.05, 4.69) is 64.9 Å². The second-order valence-electron chi connectivity index (χ2n) is 6.50. The lowest BCUT2D eigenvalue weighted by atomic mass is 10.00. The molecule has 0 aromatic heterocycles. The van der Waals surface area contributed by atoms with Gasteiger partial charge in [-0.2, -0.15) is 0 Å². The van der Waals surface area contributed by atoms with Gasteiger partial charge in [-0.25, -0.2) is 0 Å². The topological polar surface area (TPSA) is 36.5 Å². The molecule has 2 N–H and O–H groups in total. The van der Waals surface area contributed by atoms with Gasteiger partial charge in [0.15, 0.2) is 5.11 Å². The average Bonchev–Trinajstić information content (AvgIpc) is 2.65. The SMILES string of the molecule is C[C@@H](NC(=S)NCCCN1CCOCC1)c1cccc2ccccc12. The van der Waals surface area contributed by atoms with Crippen molar-refractivity contribution in [2.24, 2.45) is 0 Å². The molecule has 0 radical (unpaired) electrons. The summed E-state index contributed by atoms with van der Waals surface area (Å²) in [5.74, 6) is 0. The molecule has 1 saturated heterocycles. The Morgan fingerprint density at radius 3 is 2.76 bits per heavy atom. The summed E-state index contributed by atoms with van der Waals surface area (Å²) in [7, 11) is 0. The van der Waals surface area contributed by atoms with E-state index in [0.717, 1.165) is 50.9 Å². The first-order chi connectivity index (χ1) is 12.2. The van der Waals surface area contributed by atoms with Crippen molar-refractivity contribution in [3.05, 3.63) is 48.0 Å². The minimum Gasteiger partial charge on any atom is -0.379 e. The average molecular weight is 358 g/mol. The number of fused-ring (bicyclic) bond motifs is 1. The maximum atomic E-state index is 5.47. The molecule has 4 nitrogen and oxygen atoms in total. The predicted molar refractivity (Wildman–Crippen MR) is 108 cm³/mol. The zero-order valence-electron chi connectivity index (χ0n) is 14.8. The van der Waals surface area contributed by atoms with Crippen molar-refractivity contribution in [1.29, 1.82) is 0 Å². The van der Waals surface area contributed by atoms with Gasteiger partial charge in [0.25, 0.3) is 0 Å². The molecule has 2 aromatic rings. The molecule has 3 rings (SSSR count). The van der Waals surface area contributed by atoms with Crippen LogP contribution >= 0.6 is 12.2 Å². The number of hydrogen-bond acceptors (Lipinski definition) is 3. The van der Waals surface area contributed by atoms with Crippen molar-refractivity contribution >= 4 is 28.1 Å². The van der Waals surface area contributed by atoms with E-state index < -0.39 is 0 Å². The van der Waals surface area contributed by atoms with Crippen LogP contribution in [0.15, 0.2) is 42.5 Å². The molecule has 1 aliphatic heterocycles. The highest BCUT2D eigenvalue weighted by atomic mass is 32.1. The summed E-state index contributed by atoms with van der Waals surface area (Å²) in [6.07, 6.45) is 1.09. The minimum absolute atomic E-state index is 0.172. The molecule has 0 spiro atoms. The van der Waals surface area contributed by atoms with Crippen molar-refractivity contribution in [2.45, 2.75) is 19.4 Å². The monoisotopic (exact) mass is 357 g/mol. The van der Waals surface area contributed by atoms with Crippen LogP contribution in [0.3, 0.4) is 0 Å². The Balaban J connectivity index is 1.45. The van der Waals surface area contributed by atoms with Gasteiger partial charge in [-0.3, -0.25) is 4.90 Å². The quantitative estimate of drug-likeness (QED) is 0.614. The fourth-order valence-electron chi connectivity index (χ4n) is 3.28. The standard InChI is InChI=1S/C20H27N3OS/c1-16(18-9-4-7-17-6-2-3-8-19(17)18)22-20(25)21-10-5-11-23-12-14-24-15-13-23/h2-4,6-9,16H,5,10-15H2,1H3,(H2,21,22,25)/t16-/m1/s1. The second-order valence-corrected chi connectivity index (χ2v) is 6.91. The molecule has 1 fully saturated rings. The number of benzene rings is 2. The molecule has 0 saturated carbocycles. The number of hydrogen-bond donors (Lipinski definition) is 2. The normalized spacial score (nSPS) is 16.5. The third kappa shape index (κ3) is 5.14. The van der Waals surface area contributed by atoms with Gasteiger partial charge in [0.05, 0.1) is 19.3 Å². The van der Waals surface area contributed by atoms with Crippen LogP contribution < -0.4 is 10.6 Å². The van der Waals surface area contributed by atoms with Crippen LogP contribution in [-0.4, -0.2) is 49.4 Å². The molecule has 0 bridgehead atoms. The Hall–Kier alpha value is -1.69. The van der Waals surface area contributed by atoms with E-state index in [1.807, 2.05) is 0 Å². The minimum atomic E-state index is 0.172. The zero-order valence-corrected chi connectivity index (χ0v) is 15.6. The number of rotatable bonds is 6. The first-order valence-electron chi connectivity index (χ1n) is 9.06. The van der Waals surface area contributed by atoms with Crippen LogP contribution in [0.2, 0.25) is 0 Å². The molecule has 1 atom stereocenters. The molecule has 0 aliphatic carbocycles. The first-order valence-corrected chi connectivity index (χ1v) is 9.47. The van der Waals surface area contributed by atoms with Gasteiger partial charge in [0, 0.05) is 19.6 Å². The third-order valence-electron chi connectivity index (χ3n) is 4.68. The van der Waals surface area contributed by atoms with Crippen molar-refractivity contribution in [1.82, 2.24) is 15.5 Å². The molecule has 5 heteroatoms. The molecule has 134 valence electrons. The molecule has 1 heterocycles. The Morgan fingerprint density at radius 2 is 1.92 bits per heavy atom. The molecular weight excluding hydrogens is 330 g/mol. The smallest absolute Gasteiger partial charge is 0.166 e. The van der Waals surface area contributed by atoms with Crippen molar-refractivity contribution in [3.8, 4) is 0 Å². The highest BCUT2D eigenvalue weighted by Crippen LogP contribution is 2.23. The van der Waals surface area contributed by atoms with Crippen LogP contribution in [-0.2, 0) is 4.74 Å². The molecule has 1 aliphatic rings. The zero-order chi connectivity index (χ0) is 17.5. The molecule has 0 amide bonds. The maximum absolute atomic E-state index is 5.47. The van der Waals surface area contributed by atoms with Crippen molar-refractivity contribution in [2.75, 3.05) is 39.4 Å². The van der Waals surface area contributed by atoms with E-state index in [1.165, 1.54) is 16.3 Å². The van der Waals surface area contributed by atoms with Crippen molar-refractivity contribution in [3.63, 3.8) is 0 Å². The number of ether oxygens (including phenoxy) is 1. The number of nitrogens with zero attached hydrogens (tertiary/aromatic N) is 1. The fourth-order valence-corrected chi connectivity index (χ4v) is 3.56. The van der Waals surface area contributed by atoms with E-state index in [9.17, 15) is 0 Å². The van der Waals surface area contributed by atoms with Gasteiger partial charge in [-0.05, 0) is 48.4 Å². The van der Waals surface area contributed by atoms with E-state index in [1.54, 1.807) is 0 Å². The van der Waals surface area contributed by atoms with Gasteiger partial charge in [-0.15, -0.1) is 0 Å². The summed E-state index contributed by atoms with van der Waals surface area (Å²) in [4.78, 5) is 2.44. The van der Waals surface area contributed by atoms with E-state index in [0.29, 0.717) is 0 Å². The Bertz CT molecular complexity index is 695. The Labute approximate surface area is 155 Å². The van der Waals surface area contributed by atoms with Gasteiger partial charge < -0.3 is 15.4 Å². The lowest BCUT2D eigenvalue weighted by molar-refractivity contribution is 0.0376. The van der Waals surface area contributed by atoms with Crippen LogP contribution in [0.4, 0.5) is 0 Å². The van der Waals surface area contributed by atoms with Crippen LogP contribution in [0.5, 0.6) is 0 Å². The van der Waals surface area contributed by atoms with Gasteiger partial charge in [-0.1, -0.05) is 42.5 Å². The summed E-state index contributed by atoms with van der Waals surface area (Å²) in [6, 6.07) is 15.1. The summed E-state index contributed by atoms with van der Waals surface area (Å²) in [5, 5.41) is 10.0. The molecule has 0 unspecified atom stereocenters. The highest BCUT2D eigenvalue weighted by molar-refractivity contribution is 7.80. The first kappa shape index (κ1) is 18.1. The third-order valence-corrected chi connectivity index (χ3v) is 4.94. The lowest BCUT2D eigenvalue weighted by Crippen LogP contribution is -2.40. The van der Waals surface area contributed by atoms with E-state index in [4.69, 9.17) is 17.0 Å². The van der Waals surface area contributed by atoms with Gasteiger partial charge in [0.2, 0.25) is 0 Å². The second kappa shape index (κ2) is 9.13. The maximum Gasteiger partial charge on any atom is 0.166 e. The van der Waals surface area contributed by atoms with E-state index >= 15 is 0 Å². The molecule has 2 aromatic carbocycles. The van der Waals surface area contributed by atoms with Crippen molar-refractivity contribution < 1.29 is 4.74 Å². The molecule has 25 heavy (non-hydrogen) atoms. The van der Waals surface area contributed by atoms with Gasteiger partial charge in [0.1, 0.15) is 0 Å². The summed E-state index contributed by atoms with van der Waals surface area (Å²) < 4.78 is 5.37.